The fraction of sp³-hybridized carbons (Fsp3) is 0.625. The standard InChI is InChI=1S/C16H24BrIN2/c1-13(14-7-6-8-15(18)16(14)17)19(2)11-12-20-9-4-3-5-10-20/h6-8,13H,3-5,9-12H2,1-2H3. The van der Waals surface area contributed by atoms with Crippen molar-refractivity contribution in [3.63, 3.8) is 0 Å². The van der Waals surface area contributed by atoms with Crippen LogP contribution in [0.4, 0.5) is 0 Å². The van der Waals surface area contributed by atoms with E-state index in [-0.39, 0.29) is 0 Å². The van der Waals surface area contributed by atoms with Crippen LogP contribution in [0.15, 0.2) is 22.7 Å². The molecule has 2 nitrogen and oxygen atoms in total. The van der Waals surface area contributed by atoms with Crippen molar-refractivity contribution in [2.24, 2.45) is 0 Å². The molecule has 2 rings (SSSR count). The maximum Gasteiger partial charge on any atom is 0.0356 e. The van der Waals surface area contributed by atoms with Gasteiger partial charge in [0.1, 0.15) is 0 Å². The Balaban J connectivity index is 1.90. The van der Waals surface area contributed by atoms with E-state index in [1.165, 1.54) is 52.5 Å². The van der Waals surface area contributed by atoms with Gasteiger partial charge in [-0.05, 0) is 90.1 Å². The monoisotopic (exact) mass is 450 g/mol. The third-order valence-electron chi connectivity index (χ3n) is 4.31. The Morgan fingerprint density at radius 3 is 2.70 bits per heavy atom. The van der Waals surface area contributed by atoms with Gasteiger partial charge in [0.25, 0.3) is 0 Å². The molecular weight excluding hydrogens is 427 g/mol. The lowest BCUT2D eigenvalue weighted by Crippen LogP contribution is -2.37. The van der Waals surface area contributed by atoms with E-state index in [0.717, 1.165) is 6.54 Å². The second kappa shape index (κ2) is 8.11. The predicted molar refractivity (Wildman–Crippen MR) is 98.2 cm³/mol. The van der Waals surface area contributed by atoms with Crippen LogP contribution in [0.1, 0.15) is 37.8 Å². The topological polar surface area (TPSA) is 6.48 Å². The lowest BCUT2D eigenvalue weighted by Gasteiger charge is -2.31. The minimum atomic E-state index is 0.448. The number of likely N-dealkylation sites (N-methyl/N-ethyl adjacent to an activating group) is 1. The summed E-state index contributed by atoms with van der Waals surface area (Å²) in [5.41, 5.74) is 1.39. The lowest BCUT2D eigenvalue weighted by molar-refractivity contribution is 0.176. The van der Waals surface area contributed by atoms with Crippen molar-refractivity contribution < 1.29 is 0 Å². The molecular formula is C16H24BrIN2. The molecule has 112 valence electrons. The van der Waals surface area contributed by atoms with Crippen LogP contribution in [0.2, 0.25) is 0 Å². The third kappa shape index (κ3) is 4.42. The molecule has 0 bridgehead atoms. The van der Waals surface area contributed by atoms with E-state index in [9.17, 15) is 0 Å². The van der Waals surface area contributed by atoms with Gasteiger partial charge in [0.15, 0.2) is 0 Å². The summed E-state index contributed by atoms with van der Waals surface area (Å²) in [6, 6.07) is 6.98. The first-order valence-electron chi connectivity index (χ1n) is 7.46. The minimum absolute atomic E-state index is 0.448. The van der Waals surface area contributed by atoms with E-state index in [4.69, 9.17) is 0 Å². The molecule has 4 heteroatoms. The molecule has 1 aliphatic heterocycles. The summed E-state index contributed by atoms with van der Waals surface area (Å²) in [6.45, 7) is 7.21. The number of rotatable bonds is 5. The Morgan fingerprint density at radius 1 is 1.30 bits per heavy atom. The largest absolute Gasteiger partial charge is 0.302 e. The average molecular weight is 451 g/mol. The van der Waals surface area contributed by atoms with E-state index >= 15 is 0 Å². The fourth-order valence-electron chi connectivity index (χ4n) is 2.76. The maximum absolute atomic E-state index is 3.73. The zero-order valence-electron chi connectivity index (χ0n) is 12.4. The second-order valence-electron chi connectivity index (χ2n) is 5.70. The molecule has 0 N–H and O–H groups in total. The number of halogens is 2. The summed E-state index contributed by atoms with van der Waals surface area (Å²) < 4.78 is 2.54. The first-order valence-corrected chi connectivity index (χ1v) is 9.33. The van der Waals surface area contributed by atoms with Crippen molar-refractivity contribution in [3.05, 3.63) is 31.8 Å². The minimum Gasteiger partial charge on any atom is -0.302 e. The molecule has 0 radical (unpaired) electrons. The molecule has 0 aromatic heterocycles. The number of nitrogens with zero attached hydrogens (tertiary/aromatic N) is 2. The molecule has 1 aliphatic rings. The molecule has 1 atom stereocenters. The normalized spacial score (nSPS) is 18.4. The molecule has 20 heavy (non-hydrogen) atoms. The van der Waals surface area contributed by atoms with Gasteiger partial charge in [0.05, 0.1) is 0 Å². The lowest BCUT2D eigenvalue weighted by atomic mass is 10.1. The number of likely N-dealkylation sites (tertiary alicyclic amines) is 1. The smallest absolute Gasteiger partial charge is 0.0356 e. The van der Waals surface area contributed by atoms with Gasteiger partial charge in [-0.2, -0.15) is 0 Å². The van der Waals surface area contributed by atoms with Gasteiger partial charge in [-0.1, -0.05) is 18.6 Å². The number of hydrogen-bond donors (Lipinski definition) is 0. The van der Waals surface area contributed by atoms with Crippen LogP contribution in [0, 0.1) is 3.57 Å². The van der Waals surface area contributed by atoms with Crippen LogP contribution in [0.25, 0.3) is 0 Å². The van der Waals surface area contributed by atoms with Crippen molar-refractivity contribution in [2.75, 3.05) is 33.2 Å². The molecule has 1 aromatic carbocycles. The summed E-state index contributed by atoms with van der Waals surface area (Å²) in [6.07, 6.45) is 4.17. The summed E-state index contributed by atoms with van der Waals surface area (Å²) in [4.78, 5) is 5.07. The second-order valence-corrected chi connectivity index (χ2v) is 7.66. The Kier molecular flexibility index (Phi) is 6.78. The van der Waals surface area contributed by atoms with Crippen LogP contribution >= 0.6 is 38.5 Å². The van der Waals surface area contributed by atoms with Crippen molar-refractivity contribution in [2.45, 2.75) is 32.2 Å². The predicted octanol–water partition coefficient (Wildman–Crippen LogP) is 4.53. The van der Waals surface area contributed by atoms with Crippen LogP contribution in [0.3, 0.4) is 0 Å². The fourth-order valence-corrected chi connectivity index (χ4v) is 3.87. The Hall–Kier alpha value is 0.350. The van der Waals surface area contributed by atoms with Gasteiger partial charge >= 0.3 is 0 Å². The van der Waals surface area contributed by atoms with E-state index in [2.05, 4.69) is 80.5 Å². The number of benzene rings is 1. The molecule has 0 saturated carbocycles. The molecule has 1 saturated heterocycles. The summed E-state index contributed by atoms with van der Waals surface area (Å²) >= 11 is 6.12. The van der Waals surface area contributed by atoms with Gasteiger partial charge < -0.3 is 4.90 Å². The van der Waals surface area contributed by atoms with Gasteiger partial charge in [0, 0.05) is 27.2 Å². The molecule has 1 fully saturated rings. The van der Waals surface area contributed by atoms with Crippen LogP contribution in [0.5, 0.6) is 0 Å². The highest BCUT2D eigenvalue weighted by Crippen LogP contribution is 2.30. The molecule has 1 heterocycles. The number of hydrogen-bond acceptors (Lipinski definition) is 2. The SMILES string of the molecule is CC(c1cccc(I)c1Br)N(C)CCN1CCCCC1. The maximum atomic E-state index is 3.73. The van der Waals surface area contributed by atoms with E-state index < -0.39 is 0 Å². The van der Waals surface area contributed by atoms with Gasteiger partial charge in [-0.25, -0.2) is 0 Å². The van der Waals surface area contributed by atoms with E-state index in [1.54, 1.807) is 0 Å². The third-order valence-corrected chi connectivity index (χ3v) is 6.84. The molecule has 0 spiro atoms. The molecule has 1 aromatic rings. The van der Waals surface area contributed by atoms with E-state index in [1.807, 2.05) is 0 Å². The zero-order chi connectivity index (χ0) is 14.5. The highest BCUT2D eigenvalue weighted by atomic mass is 127. The molecule has 0 amide bonds. The quantitative estimate of drug-likeness (QED) is 0.608. The number of piperidine rings is 1. The average Bonchev–Trinajstić information content (AvgIpc) is 2.48. The first kappa shape index (κ1) is 16.7. The van der Waals surface area contributed by atoms with Crippen molar-refractivity contribution in [1.82, 2.24) is 9.80 Å². The molecule has 1 unspecified atom stereocenters. The summed E-state index contributed by atoms with van der Waals surface area (Å²) in [5.74, 6) is 0. The van der Waals surface area contributed by atoms with Crippen LogP contribution in [-0.4, -0.2) is 43.0 Å². The van der Waals surface area contributed by atoms with Gasteiger partial charge in [-0.3, -0.25) is 4.90 Å². The molecule has 0 aliphatic carbocycles. The van der Waals surface area contributed by atoms with Crippen LogP contribution < -0.4 is 0 Å². The summed E-state index contributed by atoms with van der Waals surface area (Å²) in [7, 11) is 2.24. The zero-order valence-corrected chi connectivity index (χ0v) is 16.2. The Bertz CT molecular complexity index is 432. The van der Waals surface area contributed by atoms with Gasteiger partial charge in [-0.15, -0.1) is 0 Å². The van der Waals surface area contributed by atoms with E-state index in [0.29, 0.717) is 6.04 Å². The van der Waals surface area contributed by atoms with Crippen LogP contribution in [-0.2, 0) is 0 Å². The van der Waals surface area contributed by atoms with Crippen molar-refractivity contribution in [1.29, 1.82) is 0 Å². The van der Waals surface area contributed by atoms with Crippen molar-refractivity contribution >= 4 is 38.5 Å². The highest BCUT2D eigenvalue weighted by Gasteiger charge is 2.17. The van der Waals surface area contributed by atoms with Gasteiger partial charge in [0.2, 0.25) is 0 Å². The highest BCUT2D eigenvalue weighted by molar-refractivity contribution is 14.1. The van der Waals surface area contributed by atoms with Crippen molar-refractivity contribution in [3.8, 4) is 0 Å². The Morgan fingerprint density at radius 2 is 2.00 bits per heavy atom. The summed E-state index contributed by atoms with van der Waals surface area (Å²) in [5, 5.41) is 0. The first-order chi connectivity index (χ1) is 9.59. The Labute approximate surface area is 145 Å².